The van der Waals surface area contributed by atoms with Gasteiger partial charge in [-0.15, -0.1) is 0 Å². The zero-order valence-corrected chi connectivity index (χ0v) is 13.7. The van der Waals surface area contributed by atoms with Gasteiger partial charge >= 0.3 is 0 Å². The Balaban J connectivity index is 1.73. The van der Waals surface area contributed by atoms with Gasteiger partial charge in [0.05, 0.1) is 29.0 Å². The van der Waals surface area contributed by atoms with Crippen LogP contribution in [0.25, 0.3) is 0 Å². The lowest BCUT2D eigenvalue weighted by Crippen LogP contribution is -2.33. The molecule has 0 aliphatic carbocycles. The zero-order chi connectivity index (χ0) is 16.2. The Morgan fingerprint density at radius 3 is 2.83 bits per heavy atom. The zero-order valence-electron chi connectivity index (χ0n) is 12.2. The number of hydrogen-bond donors (Lipinski definition) is 2. The Labute approximate surface area is 144 Å². The number of halogens is 2. The monoisotopic (exact) mass is 351 g/mol. The summed E-state index contributed by atoms with van der Waals surface area (Å²) in [5.41, 5.74) is 1.93. The van der Waals surface area contributed by atoms with Gasteiger partial charge in [-0.3, -0.25) is 4.79 Å². The first-order valence-electron chi connectivity index (χ1n) is 7.18. The number of morpholine rings is 1. The molecule has 7 heteroatoms. The number of aromatic nitrogens is 1. The number of carbonyl (C=O) groups is 1. The van der Waals surface area contributed by atoms with Crippen molar-refractivity contribution in [1.82, 2.24) is 10.3 Å². The Morgan fingerprint density at radius 1 is 1.30 bits per heavy atom. The van der Waals surface area contributed by atoms with Gasteiger partial charge in [-0.25, -0.2) is 4.98 Å². The third kappa shape index (κ3) is 4.00. The second-order valence-corrected chi connectivity index (χ2v) is 5.92. The first-order chi connectivity index (χ1) is 11.1. The molecule has 23 heavy (non-hydrogen) atoms. The number of carbonyl (C=O) groups excluding carboxylic acids is 1. The summed E-state index contributed by atoms with van der Waals surface area (Å²) in [5.74, 6) is -0.292. The van der Waals surface area contributed by atoms with Crippen LogP contribution in [0.15, 0.2) is 36.5 Å². The molecule has 1 fully saturated rings. The third-order valence-corrected chi connectivity index (χ3v) is 4.07. The van der Waals surface area contributed by atoms with Gasteiger partial charge in [0.25, 0.3) is 5.91 Å². The molecule has 1 aliphatic rings. The van der Waals surface area contributed by atoms with Crippen molar-refractivity contribution in [3.8, 4) is 0 Å². The molecule has 0 spiro atoms. The summed E-state index contributed by atoms with van der Waals surface area (Å²) in [6.45, 7) is 2.27. The second kappa shape index (κ2) is 7.27. The predicted octanol–water partition coefficient (Wildman–Crippen LogP) is 3.30. The van der Waals surface area contributed by atoms with Gasteiger partial charge in [-0.05, 0) is 29.8 Å². The molecule has 2 N–H and O–H groups in total. The van der Waals surface area contributed by atoms with E-state index in [0.717, 1.165) is 18.7 Å². The fraction of sp³-hybridized carbons (Fsp3) is 0.250. The van der Waals surface area contributed by atoms with Gasteiger partial charge in [0.1, 0.15) is 5.15 Å². The number of benzene rings is 1. The molecule has 3 rings (SSSR count). The molecule has 1 atom stereocenters. The van der Waals surface area contributed by atoms with Gasteiger partial charge in [0, 0.05) is 19.3 Å². The van der Waals surface area contributed by atoms with Crippen molar-refractivity contribution >= 4 is 34.8 Å². The first kappa shape index (κ1) is 16.2. The summed E-state index contributed by atoms with van der Waals surface area (Å²) in [6, 6.07) is 8.66. The van der Waals surface area contributed by atoms with E-state index >= 15 is 0 Å². The van der Waals surface area contributed by atoms with E-state index in [1.165, 1.54) is 6.20 Å². The number of ether oxygens (including phenoxy) is 1. The lowest BCUT2D eigenvalue weighted by Gasteiger charge is -2.24. The molecule has 0 saturated carbocycles. The van der Waals surface area contributed by atoms with E-state index in [1.807, 2.05) is 12.1 Å². The average Bonchev–Trinajstić information content (AvgIpc) is 2.58. The number of nitrogens with zero attached hydrogens (tertiary/aromatic N) is 1. The third-order valence-electron chi connectivity index (χ3n) is 3.53. The van der Waals surface area contributed by atoms with Crippen LogP contribution in [0.3, 0.4) is 0 Å². The summed E-state index contributed by atoms with van der Waals surface area (Å²) in [5, 5.41) is 6.84. The van der Waals surface area contributed by atoms with E-state index in [9.17, 15) is 4.79 Å². The maximum atomic E-state index is 12.2. The maximum absolute atomic E-state index is 12.2. The summed E-state index contributed by atoms with van der Waals surface area (Å²) >= 11 is 12.0. The highest BCUT2D eigenvalue weighted by Crippen LogP contribution is 2.28. The van der Waals surface area contributed by atoms with Gasteiger partial charge in [0.15, 0.2) is 0 Å². The van der Waals surface area contributed by atoms with Gasteiger partial charge in [0.2, 0.25) is 0 Å². The first-order valence-corrected chi connectivity index (χ1v) is 7.94. The molecule has 1 amide bonds. The highest BCUT2D eigenvalue weighted by molar-refractivity contribution is 6.34. The number of rotatable bonds is 3. The van der Waals surface area contributed by atoms with Crippen LogP contribution >= 0.6 is 23.2 Å². The van der Waals surface area contributed by atoms with Crippen molar-refractivity contribution in [2.45, 2.75) is 6.10 Å². The van der Waals surface area contributed by atoms with Crippen LogP contribution in [0, 0.1) is 0 Å². The van der Waals surface area contributed by atoms with Gasteiger partial charge in [-0.2, -0.15) is 0 Å². The van der Waals surface area contributed by atoms with Crippen LogP contribution < -0.4 is 10.6 Å². The molecular weight excluding hydrogens is 337 g/mol. The van der Waals surface area contributed by atoms with E-state index in [4.69, 9.17) is 27.9 Å². The summed E-state index contributed by atoms with van der Waals surface area (Å²) in [7, 11) is 0. The number of hydrogen-bond acceptors (Lipinski definition) is 4. The van der Waals surface area contributed by atoms with E-state index in [0.29, 0.717) is 28.0 Å². The molecule has 5 nitrogen and oxygen atoms in total. The molecule has 120 valence electrons. The minimum Gasteiger partial charge on any atom is -0.371 e. The van der Waals surface area contributed by atoms with Crippen LogP contribution in [-0.2, 0) is 4.74 Å². The standard InChI is InChI=1S/C16H15Cl2N3O2/c17-12-7-10(14-9-19-5-6-23-14)1-3-13(12)21-16(22)11-2-4-15(18)20-8-11/h1-4,7-8,14,19H,5-6,9H2,(H,21,22)/t14-/m1/s1. The normalized spacial score (nSPS) is 17.7. The molecule has 2 aromatic rings. The van der Waals surface area contributed by atoms with E-state index in [-0.39, 0.29) is 12.0 Å². The highest BCUT2D eigenvalue weighted by atomic mass is 35.5. The van der Waals surface area contributed by atoms with E-state index in [2.05, 4.69) is 15.6 Å². The number of nitrogens with one attached hydrogen (secondary N) is 2. The van der Waals surface area contributed by atoms with Crippen LogP contribution in [0.5, 0.6) is 0 Å². The molecule has 0 unspecified atom stereocenters. The quantitative estimate of drug-likeness (QED) is 0.832. The summed E-state index contributed by atoms with van der Waals surface area (Å²) in [6.07, 6.45) is 1.40. The molecule has 0 bridgehead atoms. The lowest BCUT2D eigenvalue weighted by atomic mass is 10.1. The van der Waals surface area contributed by atoms with Crippen molar-refractivity contribution in [2.24, 2.45) is 0 Å². The molecule has 1 aromatic heterocycles. The van der Waals surface area contributed by atoms with Crippen molar-refractivity contribution in [1.29, 1.82) is 0 Å². The molecule has 1 aromatic carbocycles. The SMILES string of the molecule is O=C(Nc1ccc([C@H]2CNCCO2)cc1Cl)c1ccc(Cl)nc1. The lowest BCUT2D eigenvalue weighted by molar-refractivity contribution is 0.0277. The van der Waals surface area contributed by atoms with Crippen LogP contribution in [-0.4, -0.2) is 30.6 Å². The average molecular weight is 352 g/mol. The van der Waals surface area contributed by atoms with Crippen LogP contribution in [0.4, 0.5) is 5.69 Å². The van der Waals surface area contributed by atoms with E-state index < -0.39 is 0 Å². The largest absolute Gasteiger partial charge is 0.371 e. The Morgan fingerprint density at radius 2 is 2.17 bits per heavy atom. The van der Waals surface area contributed by atoms with Crippen molar-refractivity contribution < 1.29 is 9.53 Å². The molecule has 1 aliphatic heterocycles. The second-order valence-electron chi connectivity index (χ2n) is 5.13. The Hall–Kier alpha value is -1.66. The highest BCUT2D eigenvalue weighted by Gasteiger charge is 2.17. The fourth-order valence-corrected chi connectivity index (χ4v) is 2.67. The summed E-state index contributed by atoms with van der Waals surface area (Å²) < 4.78 is 5.69. The Kier molecular flexibility index (Phi) is 5.13. The van der Waals surface area contributed by atoms with Gasteiger partial charge < -0.3 is 15.4 Å². The predicted molar refractivity (Wildman–Crippen MR) is 90.2 cm³/mol. The molecule has 1 saturated heterocycles. The fourth-order valence-electron chi connectivity index (χ4n) is 2.32. The number of anilines is 1. The minimum absolute atomic E-state index is 0.0218. The molecule has 2 heterocycles. The van der Waals surface area contributed by atoms with E-state index in [1.54, 1.807) is 18.2 Å². The van der Waals surface area contributed by atoms with Crippen molar-refractivity contribution in [3.05, 3.63) is 57.8 Å². The van der Waals surface area contributed by atoms with Crippen LogP contribution in [0.1, 0.15) is 22.0 Å². The maximum Gasteiger partial charge on any atom is 0.257 e. The van der Waals surface area contributed by atoms with Crippen molar-refractivity contribution in [3.63, 3.8) is 0 Å². The Bertz CT molecular complexity index is 701. The summed E-state index contributed by atoms with van der Waals surface area (Å²) in [4.78, 5) is 16.1. The molecule has 0 radical (unpaired) electrons. The smallest absolute Gasteiger partial charge is 0.257 e. The number of pyridine rings is 1. The minimum atomic E-state index is -0.292. The topological polar surface area (TPSA) is 63.2 Å². The molecular formula is C16H15Cl2N3O2. The van der Waals surface area contributed by atoms with Gasteiger partial charge in [-0.1, -0.05) is 29.3 Å². The number of amides is 1. The van der Waals surface area contributed by atoms with Crippen molar-refractivity contribution in [2.75, 3.05) is 25.0 Å². The van der Waals surface area contributed by atoms with Crippen LogP contribution in [0.2, 0.25) is 10.2 Å².